The fourth-order valence-corrected chi connectivity index (χ4v) is 2.56. The Balaban J connectivity index is 1.74. The van der Waals surface area contributed by atoms with E-state index in [-0.39, 0.29) is 18.3 Å². The number of ether oxygens (including phenoxy) is 1. The van der Waals surface area contributed by atoms with Crippen LogP contribution in [-0.2, 0) is 4.79 Å². The van der Waals surface area contributed by atoms with E-state index < -0.39 is 11.6 Å². The number of amides is 1. The number of benzene rings is 1. The van der Waals surface area contributed by atoms with E-state index in [1.807, 2.05) is 0 Å². The Labute approximate surface area is 123 Å². The van der Waals surface area contributed by atoms with Gasteiger partial charge in [0.2, 0.25) is 0 Å². The molecule has 1 heterocycles. The summed E-state index contributed by atoms with van der Waals surface area (Å²) in [5, 5.41) is 2.79. The minimum Gasteiger partial charge on any atom is -0.481 e. The fraction of sp³-hybridized carbons (Fsp3) is 0.533. The van der Waals surface area contributed by atoms with Crippen molar-refractivity contribution in [3.05, 3.63) is 29.8 Å². The minimum atomic E-state index is -0.809. The summed E-state index contributed by atoms with van der Waals surface area (Å²) in [6.07, 6.45) is 2.22. The number of hydrogen-bond donors (Lipinski definition) is 1. The highest BCUT2D eigenvalue weighted by Crippen LogP contribution is 2.17. The quantitative estimate of drug-likeness (QED) is 0.873. The van der Waals surface area contributed by atoms with Crippen molar-refractivity contribution < 1.29 is 18.3 Å². The molecule has 1 aliphatic rings. The van der Waals surface area contributed by atoms with E-state index in [4.69, 9.17) is 4.74 Å². The van der Waals surface area contributed by atoms with Gasteiger partial charge >= 0.3 is 0 Å². The number of carbonyl (C=O) groups is 1. The maximum atomic E-state index is 13.3. The van der Waals surface area contributed by atoms with E-state index in [1.165, 1.54) is 6.07 Å². The number of carbonyl (C=O) groups excluding carboxylic acids is 1. The first kappa shape index (κ1) is 15.7. The molecule has 0 unspecified atom stereocenters. The van der Waals surface area contributed by atoms with Crippen LogP contribution in [0.25, 0.3) is 0 Å². The first-order valence-corrected chi connectivity index (χ1v) is 7.18. The van der Waals surface area contributed by atoms with Crippen LogP contribution in [0.1, 0.15) is 19.8 Å². The Kier molecular flexibility index (Phi) is 5.50. The molecular weight excluding hydrogens is 278 g/mol. The summed E-state index contributed by atoms with van der Waals surface area (Å²) in [5.41, 5.74) is 0. The maximum Gasteiger partial charge on any atom is 0.257 e. The van der Waals surface area contributed by atoms with Crippen molar-refractivity contribution in [2.24, 2.45) is 0 Å². The first-order chi connectivity index (χ1) is 10.1. The maximum absolute atomic E-state index is 13.3. The molecule has 0 aromatic heterocycles. The largest absolute Gasteiger partial charge is 0.481 e. The number of nitrogens with zero attached hydrogens (tertiary/aromatic N) is 1. The van der Waals surface area contributed by atoms with E-state index in [2.05, 4.69) is 17.1 Å². The number of rotatable bonds is 6. The number of hydrogen-bond acceptors (Lipinski definition) is 3. The van der Waals surface area contributed by atoms with Gasteiger partial charge in [0.05, 0.1) is 0 Å². The lowest BCUT2D eigenvalue weighted by molar-refractivity contribution is -0.123. The topological polar surface area (TPSA) is 41.6 Å². The van der Waals surface area contributed by atoms with Crippen LogP contribution in [0.4, 0.5) is 8.78 Å². The standard InChI is InChI=1S/C15H20F2N2O2/c1-2-19-7-3-4-12(19)9-18-15(20)10-21-14-6-5-11(16)8-13(14)17/h5-6,8,12H,2-4,7,9-10H2,1H3,(H,18,20)/t12-/m1/s1. The monoisotopic (exact) mass is 298 g/mol. The van der Waals surface area contributed by atoms with E-state index in [9.17, 15) is 13.6 Å². The lowest BCUT2D eigenvalue weighted by Crippen LogP contribution is -2.41. The van der Waals surface area contributed by atoms with Crippen molar-refractivity contribution in [1.29, 1.82) is 0 Å². The molecule has 1 saturated heterocycles. The molecule has 116 valence electrons. The van der Waals surface area contributed by atoms with Crippen molar-refractivity contribution in [2.75, 3.05) is 26.2 Å². The van der Waals surface area contributed by atoms with E-state index in [0.29, 0.717) is 12.6 Å². The van der Waals surface area contributed by atoms with Gasteiger partial charge in [-0.15, -0.1) is 0 Å². The number of likely N-dealkylation sites (N-methyl/N-ethyl adjacent to an activating group) is 1. The summed E-state index contributed by atoms with van der Waals surface area (Å²) in [4.78, 5) is 14.0. The lowest BCUT2D eigenvalue weighted by Gasteiger charge is -2.22. The first-order valence-electron chi connectivity index (χ1n) is 7.18. The third kappa shape index (κ3) is 4.39. The SMILES string of the molecule is CCN1CCC[C@@H]1CNC(=O)COc1ccc(F)cc1F. The summed E-state index contributed by atoms with van der Waals surface area (Å²) < 4.78 is 31.1. The minimum absolute atomic E-state index is 0.123. The highest BCUT2D eigenvalue weighted by atomic mass is 19.1. The lowest BCUT2D eigenvalue weighted by atomic mass is 10.2. The van der Waals surface area contributed by atoms with Gasteiger partial charge in [-0.3, -0.25) is 9.69 Å². The molecule has 4 nitrogen and oxygen atoms in total. The second kappa shape index (κ2) is 7.36. The van der Waals surface area contributed by atoms with Crippen LogP contribution < -0.4 is 10.1 Å². The Morgan fingerprint density at radius 1 is 1.48 bits per heavy atom. The normalized spacial score (nSPS) is 18.7. The van der Waals surface area contributed by atoms with Crippen molar-refractivity contribution in [2.45, 2.75) is 25.8 Å². The van der Waals surface area contributed by atoms with Gasteiger partial charge in [-0.1, -0.05) is 6.92 Å². The molecule has 1 amide bonds. The average Bonchev–Trinajstić information content (AvgIpc) is 2.91. The second-order valence-electron chi connectivity index (χ2n) is 5.09. The van der Waals surface area contributed by atoms with Gasteiger partial charge in [0.1, 0.15) is 5.82 Å². The van der Waals surface area contributed by atoms with Gasteiger partial charge in [-0.05, 0) is 38.1 Å². The zero-order valence-corrected chi connectivity index (χ0v) is 12.1. The Bertz CT molecular complexity index is 497. The van der Waals surface area contributed by atoms with Crippen molar-refractivity contribution >= 4 is 5.91 Å². The van der Waals surface area contributed by atoms with Crippen LogP contribution in [0.3, 0.4) is 0 Å². The molecule has 1 aliphatic heterocycles. The zero-order chi connectivity index (χ0) is 15.2. The van der Waals surface area contributed by atoms with E-state index in [1.54, 1.807) is 0 Å². The van der Waals surface area contributed by atoms with Gasteiger partial charge < -0.3 is 10.1 Å². The van der Waals surface area contributed by atoms with E-state index in [0.717, 1.165) is 38.1 Å². The predicted octanol–water partition coefficient (Wildman–Crippen LogP) is 1.94. The molecule has 1 aromatic rings. The van der Waals surface area contributed by atoms with Crippen LogP contribution >= 0.6 is 0 Å². The van der Waals surface area contributed by atoms with Crippen LogP contribution in [0.15, 0.2) is 18.2 Å². The van der Waals surface area contributed by atoms with Crippen LogP contribution in [0, 0.1) is 11.6 Å². The van der Waals surface area contributed by atoms with Gasteiger partial charge in [-0.2, -0.15) is 0 Å². The molecule has 1 N–H and O–H groups in total. The Hall–Kier alpha value is -1.69. The molecule has 1 atom stereocenters. The molecule has 21 heavy (non-hydrogen) atoms. The third-order valence-corrected chi connectivity index (χ3v) is 3.69. The van der Waals surface area contributed by atoms with Crippen LogP contribution in [0.2, 0.25) is 0 Å². The van der Waals surface area contributed by atoms with Gasteiger partial charge in [0.15, 0.2) is 18.2 Å². The summed E-state index contributed by atoms with van der Waals surface area (Å²) in [6, 6.07) is 3.36. The molecule has 0 saturated carbocycles. The van der Waals surface area contributed by atoms with Gasteiger partial charge in [0, 0.05) is 18.7 Å². The molecule has 6 heteroatoms. The third-order valence-electron chi connectivity index (χ3n) is 3.69. The molecule has 0 bridgehead atoms. The summed E-state index contributed by atoms with van der Waals surface area (Å²) in [6.45, 7) is 4.43. The molecular formula is C15H20F2N2O2. The number of likely N-dealkylation sites (tertiary alicyclic amines) is 1. The predicted molar refractivity (Wildman–Crippen MR) is 75.1 cm³/mol. The van der Waals surface area contributed by atoms with Crippen molar-refractivity contribution in [1.82, 2.24) is 10.2 Å². The van der Waals surface area contributed by atoms with Crippen LogP contribution in [-0.4, -0.2) is 43.1 Å². The van der Waals surface area contributed by atoms with Crippen LogP contribution in [0.5, 0.6) is 5.75 Å². The summed E-state index contributed by atoms with van der Waals surface area (Å²) >= 11 is 0. The smallest absolute Gasteiger partial charge is 0.257 e. The molecule has 1 aromatic carbocycles. The fourth-order valence-electron chi connectivity index (χ4n) is 2.56. The second-order valence-corrected chi connectivity index (χ2v) is 5.09. The average molecular weight is 298 g/mol. The molecule has 1 fully saturated rings. The Morgan fingerprint density at radius 3 is 3.00 bits per heavy atom. The molecule has 0 aliphatic carbocycles. The highest BCUT2D eigenvalue weighted by molar-refractivity contribution is 5.77. The van der Waals surface area contributed by atoms with Crippen molar-refractivity contribution in [3.8, 4) is 5.75 Å². The number of halogens is 2. The number of nitrogens with one attached hydrogen (secondary N) is 1. The van der Waals surface area contributed by atoms with Crippen molar-refractivity contribution in [3.63, 3.8) is 0 Å². The zero-order valence-electron chi connectivity index (χ0n) is 12.1. The molecule has 0 radical (unpaired) electrons. The van der Waals surface area contributed by atoms with E-state index >= 15 is 0 Å². The Morgan fingerprint density at radius 2 is 2.29 bits per heavy atom. The summed E-state index contributed by atoms with van der Waals surface area (Å²) in [7, 11) is 0. The van der Waals surface area contributed by atoms with Gasteiger partial charge in [-0.25, -0.2) is 8.78 Å². The molecule has 2 rings (SSSR count). The molecule has 0 spiro atoms. The summed E-state index contributed by atoms with van der Waals surface area (Å²) in [5.74, 6) is -1.91. The highest BCUT2D eigenvalue weighted by Gasteiger charge is 2.23. The van der Waals surface area contributed by atoms with Gasteiger partial charge in [0.25, 0.3) is 5.91 Å².